The van der Waals surface area contributed by atoms with Gasteiger partial charge in [0.05, 0.1) is 16.9 Å². The Morgan fingerprint density at radius 1 is 1.05 bits per heavy atom. The number of thiazole rings is 1. The normalized spacial score (nSPS) is 14.5. The Balaban J connectivity index is 0.00000308. The average Bonchev–Trinajstić information content (AvgIpc) is 3.69. The molecule has 0 unspecified atom stereocenters. The molecule has 0 spiro atoms. The number of para-hydroxylation sites is 1. The number of hydrogen-bond acceptors (Lipinski definition) is 8. The van der Waals surface area contributed by atoms with Crippen LogP contribution in [0.2, 0.25) is 0 Å². The van der Waals surface area contributed by atoms with Crippen molar-refractivity contribution in [3.63, 3.8) is 0 Å². The van der Waals surface area contributed by atoms with Crippen LogP contribution < -0.4 is 9.21 Å². The van der Waals surface area contributed by atoms with E-state index >= 15 is 0 Å². The molecule has 11 heteroatoms. The van der Waals surface area contributed by atoms with E-state index in [1.54, 1.807) is 35.9 Å². The van der Waals surface area contributed by atoms with Gasteiger partial charge in [-0.3, -0.25) is 9.21 Å². The Kier molecular flexibility index (Phi) is 7.77. The summed E-state index contributed by atoms with van der Waals surface area (Å²) in [5.41, 5.74) is 3.32. The highest BCUT2D eigenvalue weighted by Gasteiger charge is 2.25. The lowest BCUT2D eigenvalue weighted by molar-refractivity contribution is 0.251. The summed E-state index contributed by atoms with van der Waals surface area (Å²) in [6, 6.07) is 17.3. The summed E-state index contributed by atoms with van der Waals surface area (Å²) >= 11 is 2.89. The minimum Gasteiger partial charge on any atom is -0.354 e. The largest absolute Gasteiger partial charge is 0.354 e. The molecular formula is C28H32N6O2S3. The zero-order chi connectivity index (χ0) is 26.3. The molecular weight excluding hydrogens is 549 g/mol. The third-order valence-electron chi connectivity index (χ3n) is 6.82. The monoisotopic (exact) mass is 580 g/mol. The Morgan fingerprint density at radius 2 is 1.85 bits per heavy atom. The van der Waals surface area contributed by atoms with Gasteiger partial charge in [-0.05, 0) is 42.6 Å². The standard InChI is InChI=1S/C27H28N6O2S3.CH4/c1-19-6-3-9-24(29-19)33-13-11-32(12-14-33)18-21-17-28-27(37-21)22-16-20-7-4-8-23(26(20)30-22)31(2)38(34,35)25-10-5-15-36-25;/h3-10,15-17,30H,11-14,18H2,1-2H3;1H4. The number of aromatic amines is 1. The van der Waals surface area contributed by atoms with Gasteiger partial charge < -0.3 is 9.88 Å². The Hall–Kier alpha value is -3.25. The number of aryl methyl sites for hydroxylation is 1. The van der Waals surface area contributed by atoms with E-state index in [0.717, 1.165) is 65.8 Å². The van der Waals surface area contributed by atoms with Crippen molar-refractivity contribution in [1.82, 2.24) is 19.9 Å². The molecule has 0 bridgehead atoms. The molecule has 0 saturated carbocycles. The highest BCUT2D eigenvalue weighted by Crippen LogP contribution is 2.35. The molecule has 0 aliphatic carbocycles. The summed E-state index contributed by atoms with van der Waals surface area (Å²) in [4.78, 5) is 18.8. The highest BCUT2D eigenvalue weighted by molar-refractivity contribution is 7.94. The van der Waals surface area contributed by atoms with Gasteiger partial charge in [0.25, 0.3) is 10.0 Å². The number of rotatable bonds is 7. The van der Waals surface area contributed by atoms with Crippen molar-refractivity contribution < 1.29 is 8.42 Å². The Bertz CT molecular complexity index is 1670. The number of benzene rings is 1. The van der Waals surface area contributed by atoms with Gasteiger partial charge in [-0.25, -0.2) is 18.4 Å². The molecule has 5 aromatic rings. The van der Waals surface area contributed by atoms with Crippen LogP contribution in [0.1, 0.15) is 18.0 Å². The van der Waals surface area contributed by atoms with Crippen molar-refractivity contribution in [2.24, 2.45) is 0 Å². The second-order valence-electron chi connectivity index (χ2n) is 9.36. The number of aromatic nitrogens is 3. The number of anilines is 2. The topological polar surface area (TPSA) is 85.4 Å². The lowest BCUT2D eigenvalue weighted by atomic mass is 10.2. The van der Waals surface area contributed by atoms with E-state index in [1.807, 2.05) is 43.5 Å². The number of nitrogens with one attached hydrogen (secondary N) is 1. The Labute approximate surface area is 237 Å². The highest BCUT2D eigenvalue weighted by atomic mass is 32.2. The van der Waals surface area contributed by atoms with Gasteiger partial charge >= 0.3 is 0 Å². The van der Waals surface area contributed by atoms with Crippen LogP contribution in [0.15, 0.2) is 70.4 Å². The molecule has 0 atom stereocenters. The summed E-state index contributed by atoms with van der Waals surface area (Å²) in [5, 5.41) is 3.62. The first-order chi connectivity index (χ1) is 18.4. The molecule has 1 aromatic carbocycles. The quantitative estimate of drug-likeness (QED) is 0.260. The first kappa shape index (κ1) is 27.3. The Morgan fingerprint density at radius 3 is 2.59 bits per heavy atom. The third kappa shape index (κ3) is 5.44. The number of sulfonamides is 1. The van der Waals surface area contributed by atoms with Gasteiger partial charge in [-0.2, -0.15) is 0 Å². The molecule has 1 aliphatic rings. The average molecular weight is 581 g/mol. The molecule has 8 nitrogen and oxygen atoms in total. The lowest BCUT2D eigenvalue weighted by Crippen LogP contribution is -2.46. The smallest absolute Gasteiger partial charge is 0.273 e. The van der Waals surface area contributed by atoms with E-state index in [1.165, 1.54) is 20.5 Å². The number of H-pyrrole nitrogens is 1. The van der Waals surface area contributed by atoms with Crippen LogP contribution >= 0.6 is 22.7 Å². The van der Waals surface area contributed by atoms with Crippen LogP contribution in [0, 0.1) is 6.92 Å². The van der Waals surface area contributed by atoms with Crippen molar-refractivity contribution >= 4 is 55.1 Å². The summed E-state index contributed by atoms with van der Waals surface area (Å²) in [6.07, 6.45) is 1.95. The van der Waals surface area contributed by atoms with Gasteiger partial charge in [0.2, 0.25) is 0 Å². The van der Waals surface area contributed by atoms with Crippen LogP contribution in [0.3, 0.4) is 0 Å². The second kappa shape index (κ2) is 11.1. The van der Waals surface area contributed by atoms with Gasteiger partial charge in [-0.1, -0.05) is 31.7 Å². The SMILES string of the molecule is C.Cc1cccc(N2CCN(Cc3cnc(-c4cc5cccc(N(C)S(=O)(=O)c6cccs6)c5[nH]4)s3)CC2)n1. The van der Waals surface area contributed by atoms with Crippen LogP contribution in [-0.2, 0) is 16.6 Å². The second-order valence-corrected chi connectivity index (χ2v) is 13.6. The van der Waals surface area contributed by atoms with E-state index in [4.69, 9.17) is 4.98 Å². The minimum absolute atomic E-state index is 0. The van der Waals surface area contributed by atoms with E-state index < -0.39 is 10.0 Å². The van der Waals surface area contributed by atoms with E-state index in [-0.39, 0.29) is 7.43 Å². The molecule has 1 N–H and O–H groups in total. The fraction of sp³-hybridized carbons (Fsp3) is 0.286. The van der Waals surface area contributed by atoms with Crippen LogP contribution in [0.25, 0.3) is 21.6 Å². The van der Waals surface area contributed by atoms with Crippen molar-refractivity contribution in [2.75, 3.05) is 42.4 Å². The lowest BCUT2D eigenvalue weighted by Gasteiger charge is -2.35. The predicted octanol–water partition coefficient (Wildman–Crippen LogP) is 5.84. The van der Waals surface area contributed by atoms with E-state index in [9.17, 15) is 8.42 Å². The van der Waals surface area contributed by atoms with Crippen molar-refractivity contribution in [1.29, 1.82) is 0 Å². The molecule has 1 saturated heterocycles. The number of pyridine rings is 1. The van der Waals surface area contributed by atoms with Gasteiger partial charge in [0, 0.05) is 61.9 Å². The summed E-state index contributed by atoms with van der Waals surface area (Å²) < 4.78 is 27.9. The van der Waals surface area contributed by atoms with Crippen LogP contribution in [0.4, 0.5) is 11.5 Å². The first-order valence-corrected chi connectivity index (χ1v) is 15.5. The van der Waals surface area contributed by atoms with Gasteiger partial charge in [-0.15, -0.1) is 22.7 Å². The van der Waals surface area contributed by atoms with Gasteiger partial charge in [0.15, 0.2) is 0 Å². The van der Waals surface area contributed by atoms with Crippen LogP contribution in [-0.4, -0.2) is 61.5 Å². The maximum Gasteiger partial charge on any atom is 0.273 e. The zero-order valence-corrected chi connectivity index (χ0v) is 23.6. The number of nitrogens with zero attached hydrogens (tertiary/aromatic N) is 5. The molecule has 1 aliphatic heterocycles. The zero-order valence-electron chi connectivity index (χ0n) is 21.2. The molecule has 1 fully saturated rings. The van der Waals surface area contributed by atoms with Crippen LogP contribution in [0.5, 0.6) is 0 Å². The number of piperazine rings is 1. The molecule has 204 valence electrons. The number of hydrogen-bond donors (Lipinski definition) is 1. The maximum absolute atomic E-state index is 13.1. The molecule has 0 amide bonds. The maximum atomic E-state index is 13.1. The summed E-state index contributed by atoms with van der Waals surface area (Å²) in [5.74, 6) is 1.05. The van der Waals surface area contributed by atoms with E-state index in [0.29, 0.717) is 9.90 Å². The number of thiophene rings is 1. The predicted molar refractivity (Wildman–Crippen MR) is 163 cm³/mol. The minimum atomic E-state index is -3.63. The van der Waals surface area contributed by atoms with Crippen molar-refractivity contribution in [3.8, 4) is 10.7 Å². The fourth-order valence-corrected chi connectivity index (χ4v) is 8.05. The molecule has 0 radical (unpaired) electrons. The molecule has 39 heavy (non-hydrogen) atoms. The van der Waals surface area contributed by atoms with Crippen molar-refractivity contribution in [2.45, 2.75) is 25.1 Å². The van der Waals surface area contributed by atoms with Crippen molar-refractivity contribution in [3.05, 3.63) is 76.7 Å². The number of fused-ring (bicyclic) bond motifs is 1. The summed E-state index contributed by atoms with van der Waals surface area (Å²) in [6.45, 7) is 6.75. The van der Waals surface area contributed by atoms with Gasteiger partial charge in [0.1, 0.15) is 15.0 Å². The first-order valence-electron chi connectivity index (χ1n) is 12.4. The van der Waals surface area contributed by atoms with E-state index in [2.05, 4.69) is 31.9 Å². The fourth-order valence-electron chi connectivity index (χ4n) is 4.76. The molecule has 6 rings (SSSR count). The molecule has 4 aromatic heterocycles. The molecule has 5 heterocycles. The summed E-state index contributed by atoms with van der Waals surface area (Å²) in [7, 11) is -2.03. The third-order valence-corrected chi connectivity index (χ3v) is 11.0.